The Kier molecular flexibility index (Phi) is 11.0. The second-order valence-electron chi connectivity index (χ2n) is 18.1. The van der Waals surface area contributed by atoms with Crippen LogP contribution in [0.25, 0.3) is 0 Å². The molecule has 0 saturated carbocycles. The van der Waals surface area contributed by atoms with Crippen LogP contribution < -0.4 is 24.5 Å². The van der Waals surface area contributed by atoms with Crippen molar-refractivity contribution in [2.45, 2.75) is 69.2 Å². The van der Waals surface area contributed by atoms with Crippen LogP contribution in [-0.4, -0.2) is 61.7 Å². The van der Waals surface area contributed by atoms with Crippen LogP contribution in [0.1, 0.15) is 46.0 Å². The van der Waals surface area contributed by atoms with Gasteiger partial charge in [-0.3, -0.25) is 19.3 Å². The lowest BCUT2D eigenvalue weighted by Crippen LogP contribution is -2.52. The SMILES string of the molecule is COc1ccc([Si](C)(C)[C@H]2[C@H](CC(=O)N3Cc4ccccc4C[C@H]3CO)O[C@@]3(C(=O)N(Cc4cccc(N5C(=O)c6ccccc6Oc6ccccc65)c4)c4ccc(Br)cc43)[C@@H]2C)cc1. The average molecular weight is 949 g/mol. The molecule has 12 heteroatoms. The van der Waals surface area contributed by atoms with Gasteiger partial charge in [-0.05, 0) is 95.4 Å². The molecule has 330 valence electrons. The molecule has 4 heterocycles. The van der Waals surface area contributed by atoms with Crippen LogP contribution in [0.15, 0.2) is 144 Å². The van der Waals surface area contributed by atoms with Crippen LogP contribution in [0.3, 0.4) is 0 Å². The number of fused-ring (bicyclic) bond motifs is 5. The van der Waals surface area contributed by atoms with E-state index >= 15 is 4.79 Å². The van der Waals surface area contributed by atoms with E-state index in [0.29, 0.717) is 41.4 Å². The van der Waals surface area contributed by atoms with Crippen LogP contribution in [0.4, 0.5) is 17.1 Å². The van der Waals surface area contributed by atoms with Gasteiger partial charge in [-0.15, -0.1) is 0 Å². The zero-order valence-corrected chi connectivity index (χ0v) is 39.3. The van der Waals surface area contributed by atoms with Gasteiger partial charge in [0.1, 0.15) is 11.5 Å². The lowest BCUT2D eigenvalue weighted by Gasteiger charge is -2.39. The summed E-state index contributed by atoms with van der Waals surface area (Å²) in [4.78, 5) is 50.2. The molecule has 0 aromatic heterocycles. The summed E-state index contributed by atoms with van der Waals surface area (Å²) in [6.07, 6.45) is 0.00448. The fraction of sp³-hybridized carbons (Fsp3) is 0.264. The fourth-order valence-electron chi connectivity index (χ4n) is 11.0. The van der Waals surface area contributed by atoms with Crippen molar-refractivity contribution in [2.24, 2.45) is 5.92 Å². The Labute approximate surface area is 388 Å². The number of halogens is 1. The number of amides is 3. The van der Waals surface area contributed by atoms with E-state index < -0.39 is 19.8 Å². The molecule has 1 N–H and O–H groups in total. The molecule has 1 spiro atoms. The molecular weight excluding hydrogens is 899 g/mol. The largest absolute Gasteiger partial charge is 0.497 e. The Morgan fingerprint density at radius 3 is 2.34 bits per heavy atom. The minimum Gasteiger partial charge on any atom is -0.497 e. The van der Waals surface area contributed by atoms with Crippen molar-refractivity contribution < 1.29 is 33.7 Å². The van der Waals surface area contributed by atoms with Crippen molar-refractivity contribution in [3.8, 4) is 17.2 Å². The molecule has 10 nitrogen and oxygen atoms in total. The minimum absolute atomic E-state index is 0.0544. The van der Waals surface area contributed by atoms with E-state index in [9.17, 15) is 14.7 Å². The number of aliphatic hydroxyl groups excluding tert-OH is 1. The van der Waals surface area contributed by atoms with Crippen molar-refractivity contribution in [2.75, 3.05) is 23.5 Å². The topological polar surface area (TPSA) is 109 Å². The van der Waals surface area contributed by atoms with Gasteiger partial charge in [0, 0.05) is 28.2 Å². The Bertz CT molecular complexity index is 2850. The summed E-state index contributed by atoms with van der Waals surface area (Å²) in [5.41, 5.74) is 4.61. The van der Waals surface area contributed by atoms with Gasteiger partial charge in [-0.25, -0.2) is 0 Å². The van der Waals surface area contributed by atoms with Crippen LogP contribution in [0, 0.1) is 5.92 Å². The van der Waals surface area contributed by atoms with Crippen LogP contribution in [0.2, 0.25) is 18.6 Å². The molecule has 65 heavy (non-hydrogen) atoms. The highest BCUT2D eigenvalue weighted by Gasteiger charge is 2.66. The van der Waals surface area contributed by atoms with Gasteiger partial charge >= 0.3 is 0 Å². The molecule has 5 atom stereocenters. The molecule has 0 aliphatic carbocycles. The Hall–Kier alpha value is -6.05. The predicted octanol–water partition coefficient (Wildman–Crippen LogP) is 9.64. The van der Waals surface area contributed by atoms with Crippen molar-refractivity contribution in [3.63, 3.8) is 0 Å². The van der Waals surface area contributed by atoms with Crippen molar-refractivity contribution >= 4 is 64.0 Å². The minimum atomic E-state index is -2.58. The number of hydrogen-bond acceptors (Lipinski definition) is 7. The second-order valence-corrected chi connectivity index (χ2v) is 23.7. The average Bonchev–Trinajstić information content (AvgIpc) is 3.68. The molecular formula is C53H50BrN3O7Si. The highest BCUT2D eigenvalue weighted by molar-refractivity contribution is 9.10. The quantitative estimate of drug-likeness (QED) is 0.144. The third kappa shape index (κ3) is 7.18. The molecule has 4 aliphatic heterocycles. The molecule has 3 amide bonds. The first kappa shape index (κ1) is 42.9. The van der Waals surface area contributed by atoms with Crippen LogP contribution >= 0.6 is 15.9 Å². The maximum Gasteiger partial charge on any atom is 0.266 e. The number of benzene rings is 6. The van der Waals surface area contributed by atoms with E-state index in [1.807, 2.05) is 109 Å². The first-order chi connectivity index (χ1) is 31.4. The van der Waals surface area contributed by atoms with Gasteiger partial charge in [-0.1, -0.05) is 114 Å². The molecule has 10 rings (SSSR count). The molecule has 0 unspecified atom stereocenters. The number of rotatable bonds is 9. The second kappa shape index (κ2) is 16.7. The number of aliphatic hydroxyl groups is 1. The van der Waals surface area contributed by atoms with E-state index in [4.69, 9.17) is 14.2 Å². The maximum absolute atomic E-state index is 15.7. The van der Waals surface area contributed by atoms with Gasteiger partial charge in [-0.2, -0.15) is 0 Å². The van der Waals surface area contributed by atoms with Crippen molar-refractivity contribution in [1.29, 1.82) is 0 Å². The zero-order chi connectivity index (χ0) is 45.2. The number of methoxy groups -OCH3 is 1. The van der Waals surface area contributed by atoms with Crippen molar-refractivity contribution in [3.05, 3.63) is 172 Å². The monoisotopic (exact) mass is 947 g/mol. The summed E-state index contributed by atoms with van der Waals surface area (Å²) < 4.78 is 20.0. The summed E-state index contributed by atoms with van der Waals surface area (Å²) >= 11 is 3.73. The normalized spacial score (nSPS) is 22.2. The van der Waals surface area contributed by atoms with E-state index in [1.54, 1.807) is 33.9 Å². The Balaban J connectivity index is 1.03. The summed E-state index contributed by atoms with van der Waals surface area (Å²) in [5, 5.41) is 11.8. The highest BCUT2D eigenvalue weighted by Crippen LogP contribution is 2.60. The number of para-hydroxylation sites is 3. The highest BCUT2D eigenvalue weighted by atomic mass is 79.9. The molecule has 1 saturated heterocycles. The molecule has 6 aromatic carbocycles. The predicted molar refractivity (Wildman–Crippen MR) is 257 cm³/mol. The maximum atomic E-state index is 15.7. The van der Waals surface area contributed by atoms with E-state index in [1.165, 1.54) is 5.19 Å². The summed E-state index contributed by atoms with van der Waals surface area (Å²) in [5.74, 6) is 0.922. The van der Waals surface area contributed by atoms with Crippen LogP contribution in [-0.2, 0) is 39.4 Å². The van der Waals surface area contributed by atoms with Gasteiger partial charge in [0.15, 0.2) is 11.4 Å². The van der Waals surface area contributed by atoms with E-state index in [-0.39, 0.29) is 54.8 Å². The first-order valence-electron chi connectivity index (χ1n) is 22.1. The standard InChI is InChI=1S/C53H50BrN3O7Si/c1-33-50(65(3,4)41-23-21-40(62-2)22-24-41)48(29-49(59)55-31-36-14-6-5-13-35(36)27-39(55)32-58)64-53(33)43-28-37(54)20-25-44(43)56(52(53)61)30-34-12-11-15-38(26-34)57-45-17-8-10-19-47(45)63-46-18-9-7-16-42(46)51(57)60/h5-26,28,33,39,48,50,58H,27,29-32H2,1-4H3/t33-,39+,48+,50-,53+/m1/s1. The number of nitrogens with zero attached hydrogens (tertiary/aromatic N) is 3. The van der Waals surface area contributed by atoms with Gasteiger partial charge < -0.3 is 29.1 Å². The zero-order valence-electron chi connectivity index (χ0n) is 36.7. The third-order valence-corrected chi connectivity index (χ3v) is 19.1. The lowest BCUT2D eigenvalue weighted by molar-refractivity contribution is -0.151. The molecule has 4 aliphatic rings. The number of hydrogen-bond donors (Lipinski definition) is 1. The Morgan fingerprint density at radius 1 is 0.846 bits per heavy atom. The third-order valence-electron chi connectivity index (χ3n) is 14.2. The molecule has 0 radical (unpaired) electrons. The summed E-state index contributed by atoms with van der Waals surface area (Å²) in [6.45, 7) is 7.18. The first-order valence-corrected chi connectivity index (χ1v) is 26.0. The summed E-state index contributed by atoms with van der Waals surface area (Å²) in [7, 11) is -0.932. The van der Waals surface area contributed by atoms with Gasteiger partial charge in [0.25, 0.3) is 11.8 Å². The van der Waals surface area contributed by atoms with Gasteiger partial charge in [0.05, 0.1) is 63.8 Å². The Morgan fingerprint density at radius 2 is 1.57 bits per heavy atom. The van der Waals surface area contributed by atoms with Crippen LogP contribution in [0.5, 0.6) is 17.2 Å². The fourth-order valence-corrected chi connectivity index (χ4v) is 15.4. The lowest BCUT2D eigenvalue weighted by atomic mass is 9.82. The number of anilines is 3. The number of carbonyl (C=O) groups excluding carboxylic acids is 3. The van der Waals surface area contributed by atoms with Crippen molar-refractivity contribution in [1.82, 2.24) is 4.90 Å². The van der Waals surface area contributed by atoms with Gasteiger partial charge in [0.2, 0.25) is 5.91 Å². The summed E-state index contributed by atoms with van der Waals surface area (Å²) in [6, 6.07) is 44.2. The number of ether oxygens (including phenoxy) is 3. The molecule has 0 bridgehead atoms. The number of carbonyl (C=O) groups is 3. The smallest absolute Gasteiger partial charge is 0.266 e. The molecule has 6 aromatic rings. The van der Waals surface area contributed by atoms with E-state index in [0.717, 1.165) is 38.2 Å². The molecule has 1 fully saturated rings. The van der Waals surface area contributed by atoms with E-state index in [2.05, 4.69) is 54.1 Å².